The van der Waals surface area contributed by atoms with Crippen molar-refractivity contribution < 1.29 is 24.0 Å². The number of amides is 1. The third-order valence-electron chi connectivity index (χ3n) is 4.11. The SMILES string of the molecule is CN1CCc2c(c(Br)n(C)c2C(=O)Nc2ccc(F)c(F)c2)[N+](O)(O)N1. The second-order valence-electron chi connectivity index (χ2n) is 5.98. The van der Waals surface area contributed by atoms with Crippen molar-refractivity contribution in [3.63, 3.8) is 0 Å². The van der Waals surface area contributed by atoms with Gasteiger partial charge in [0.25, 0.3) is 11.6 Å². The molecule has 0 saturated carbocycles. The zero-order valence-electron chi connectivity index (χ0n) is 13.9. The second-order valence-corrected chi connectivity index (χ2v) is 6.73. The maximum atomic E-state index is 13.4. The highest BCUT2D eigenvalue weighted by molar-refractivity contribution is 9.10. The number of rotatable bonds is 2. The Kier molecular flexibility index (Phi) is 4.86. The van der Waals surface area contributed by atoms with E-state index in [-0.39, 0.29) is 21.7 Å². The third-order valence-corrected chi connectivity index (χ3v) is 5.02. The van der Waals surface area contributed by atoms with Crippen molar-refractivity contribution in [3.8, 4) is 0 Å². The van der Waals surface area contributed by atoms with Crippen LogP contribution in [0.15, 0.2) is 22.8 Å². The molecule has 1 amide bonds. The van der Waals surface area contributed by atoms with E-state index in [1.165, 1.54) is 15.6 Å². The lowest BCUT2D eigenvalue weighted by Crippen LogP contribution is -2.59. The summed E-state index contributed by atoms with van der Waals surface area (Å²) in [6.07, 6.45) is 0.347. The molecule has 26 heavy (non-hydrogen) atoms. The second kappa shape index (κ2) is 6.68. The number of fused-ring (bicyclic) bond motifs is 1. The molecule has 1 aromatic carbocycles. The summed E-state index contributed by atoms with van der Waals surface area (Å²) in [4.78, 5) is 11.1. The van der Waals surface area contributed by atoms with Gasteiger partial charge in [-0.15, -0.1) is 0 Å². The van der Waals surface area contributed by atoms with Crippen LogP contribution >= 0.6 is 15.9 Å². The molecule has 11 heteroatoms. The van der Waals surface area contributed by atoms with Gasteiger partial charge in [0, 0.05) is 32.4 Å². The van der Waals surface area contributed by atoms with Crippen molar-refractivity contribution in [2.75, 3.05) is 18.9 Å². The fourth-order valence-electron chi connectivity index (χ4n) is 2.92. The zero-order valence-corrected chi connectivity index (χ0v) is 15.5. The van der Waals surface area contributed by atoms with Gasteiger partial charge < -0.3 is 9.88 Å². The van der Waals surface area contributed by atoms with Crippen LogP contribution in [0.4, 0.5) is 20.2 Å². The van der Waals surface area contributed by atoms with Crippen molar-refractivity contribution in [2.24, 2.45) is 7.05 Å². The van der Waals surface area contributed by atoms with E-state index in [4.69, 9.17) is 0 Å². The van der Waals surface area contributed by atoms with E-state index >= 15 is 0 Å². The fraction of sp³-hybridized carbons (Fsp3) is 0.267. The largest absolute Gasteiger partial charge is 0.329 e. The maximum Gasteiger partial charge on any atom is 0.272 e. The highest BCUT2D eigenvalue weighted by atomic mass is 79.9. The van der Waals surface area contributed by atoms with Gasteiger partial charge in [0.05, 0.1) is 10.5 Å². The van der Waals surface area contributed by atoms with Crippen LogP contribution in [0.1, 0.15) is 16.1 Å². The number of hydrazine groups is 1. The Morgan fingerprint density at radius 3 is 2.65 bits per heavy atom. The average molecular weight is 433 g/mol. The molecule has 3 rings (SSSR count). The first-order valence-corrected chi connectivity index (χ1v) is 8.38. The lowest BCUT2D eigenvalue weighted by Gasteiger charge is -2.23. The van der Waals surface area contributed by atoms with Crippen molar-refractivity contribution in [1.82, 2.24) is 20.0 Å². The maximum absolute atomic E-state index is 13.4. The summed E-state index contributed by atoms with van der Waals surface area (Å²) in [7, 11) is 3.20. The molecule has 0 bridgehead atoms. The quantitative estimate of drug-likeness (QED) is 0.546. The third kappa shape index (κ3) is 3.24. The molecule has 1 aliphatic rings. The summed E-state index contributed by atoms with van der Waals surface area (Å²) >= 11 is 3.27. The molecule has 8 nitrogen and oxygen atoms in total. The molecule has 0 saturated heterocycles. The van der Waals surface area contributed by atoms with Crippen LogP contribution in [0.3, 0.4) is 0 Å². The molecular weight excluding hydrogens is 416 g/mol. The Labute approximate surface area is 155 Å². The Hall–Kier alpha value is -1.89. The topological polar surface area (TPSA) is 89.8 Å². The molecule has 0 atom stereocenters. The van der Waals surface area contributed by atoms with Crippen molar-refractivity contribution in [2.45, 2.75) is 6.42 Å². The lowest BCUT2D eigenvalue weighted by atomic mass is 10.1. The van der Waals surface area contributed by atoms with Gasteiger partial charge in [-0.3, -0.25) is 4.79 Å². The molecule has 0 spiro atoms. The van der Waals surface area contributed by atoms with E-state index in [1.807, 2.05) is 0 Å². The van der Waals surface area contributed by atoms with Gasteiger partial charge in [-0.2, -0.15) is 15.4 Å². The van der Waals surface area contributed by atoms with E-state index in [9.17, 15) is 24.0 Å². The van der Waals surface area contributed by atoms with Crippen molar-refractivity contribution in [1.29, 1.82) is 0 Å². The van der Waals surface area contributed by atoms with Gasteiger partial charge in [-0.1, -0.05) is 0 Å². The monoisotopic (exact) mass is 432 g/mol. The number of anilines is 1. The molecule has 2 aromatic rings. The van der Waals surface area contributed by atoms with E-state index in [0.717, 1.165) is 12.1 Å². The highest BCUT2D eigenvalue weighted by Gasteiger charge is 2.43. The number of halogens is 3. The van der Waals surface area contributed by atoms with Crippen LogP contribution in [-0.4, -0.2) is 39.5 Å². The molecule has 140 valence electrons. The van der Waals surface area contributed by atoms with Crippen molar-refractivity contribution in [3.05, 3.63) is 45.7 Å². The summed E-state index contributed by atoms with van der Waals surface area (Å²) in [5, 5.41) is 24.6. The number of hydrogen-bond acceptors (Lipinski definition) is 5. The number of carbonyl (C=O) groups excluding carboxylic acids is 1. The molecule has 4 N–H and O–H groups in total. The van der Waals surface area contributed by atoms with Gasteiger partial charge in [0.15, 0.2) is 16.2 Å². The number of quaternary nitrogens is 1. The van der Waals surface area contributed by atoms with E-state index < -0.39 is 22.5 Å². The molecule has 0 unspecified atom stereocenters. The van der Waals surface area contributed by atoms with Gasteiger partial charge in [0.2, 0.25) is 0 Å². The first-order chi connectivity index (χ1) is 12.1. The summed E-state index contributed by atoms with van der Waals surface area (Å²) in [5.41, 5.74) is 3.19. The molecule has 1 aromatic heterocycles. The van der Waals surface area contributed by atoms with E-state index in [1.54, 1.807) is 14.1 Å². The van der Waals surface area contributed by atoms with E-state index in [0.29, 0.717) is 18.5 Å². The summed E-state index contributed by atoms with van der Waals surface area (Å²) < 4.78 is 28.2. The van der Waals surface area contributed by atoms with Gasteiger partial charge in [-0.05, 0) is 40.0 Å². The van der Waals surface area contributed by atoms with Crippen LogP contribution in [0, 0.1) is 11.6 Å². The van der Waals surface area contributed by atoms with Gasteiger partial charge >= 0.3 is 0 Å². The molecule has 2 heterocycles. The van der Waals surface area contributed by atoms with Crippen LogP contribution in [0.5, 0.6) is 0 Å². The number of nitrogens with zero attached hydrogens (tertiary/aromatic N) is 3. The minimum absolute atomic E-state index is 0.0623. The molecule has 0 fully saturated rings. The van der Waals surface area contributed by atoms with E-state index in [2.05, 4.69) is 26.8 Å². The number of benzene rings is 1. The van der Waals surface area contributed by atoms with Crippen LogP contribution in [-0.2, 0) is 13.5 Å². The van der Waals surface area contributed by atoms with Gasteiger partial charge in [0.1, 0.15) is 5.69 Å². The molecular formula is C15H17BrF2N5O3+. The van der Waals surface area contributed by atoms with Crippen molar-refractivity contribution >= 4 is 33.2 Å². The van der Waals surface area contributed by atoms with Crippen LogP contribution in [0.25, 0.3) is 0 Å². The summed E-state index contributed by atoms with van der Waals surface area (Å²) in [6, 6.07) is 3.02. The smallest absolute Gasteiger partial charge is 0.272 e. The number of nitrogens with one attached hydrogen (secondary N) is 2. The Morgan fingerprint density at radius 1 is 1.31 bits per heavy atom. The van der Waals surface area contributed by atoms with Gasteiger partial charge in [-0.25, -0.2) is 8.78 Å². The first-order valence-electron chi connectivity index (χ1n) is 7.59. The number of carbonyl (C=O) groups is 1. The minimum atomic E-state index is -1.64. The minimum Gasteiger partial charge on any atom is -0.329 e. The Bertz CT molecular complexity index is 887. The Balaban J connectivity index is 2.03. The molecule has 0 aliphatic carbocycles. The number of hydrogen-bond donors (Lipinski definition) is 4. The molecule has 0 radical (unpaired) electrons. The first kappa shape index (κ1) is 18.9. The standard InChI is InChI=1S/C15H16BrF2N5O3/c1-21-6-5-9-12(22(2)14(16)13(9)23(25,26)20-21)15(24)19-8-3-4-10(17)11(18)7-8/h3-4,7,20,25-26H,5-6H2,1-2H3/p+1. The van der Waals surface area contributed by atoms with Crippen LogP contribution in [0.2, 0.25) is 0 Å². The van der Waals surface area contributed by atoms with Crippen LogP contribution < -0.4 is 15.8 Å². The normalized spacial score (nSPS) is 16.9. The molecule has 1 aliphatic heterocycles. The summed E-state index contributed by atoms with van der Waals surface area (Å²) in [6.45, 7) is 0.399. The number of likely N-dealkylation sites (N-methyl/N-ethyl adjacent to an activating group) is 1. The number of aromatic nitrogens is 1. The highest BCUT2D eigenvalue weighted by Crippen LogP contribution is 2.38. The summed E-state index contributed by atoms with van der Waals surface area (Å²) in [5.74, 6) is -2.69. The predicted molar refractivity (Wildman–Crippen MR) is 92.3 cm³/mol. The Morgan fingerprint density at radius 2 is 2.00 bits per heavy atom. The average Bonchev–Trinajstić information content (AvgIpc) is 2.73. The predicted octanol–water partition coefficient (Wildman–Crippen LogP) is 2.31. The zero-order chi connectivity index (χ0) is 19.2. The fourth-order valence-corrected chi connectivity index (χ4v) is 3.58. The lowest BCUT2D eigenvalue weighted by molar-refractivity contribution is -0.350.